The Kier molecular flexibility index (Phi) is 7.76. The molecule has 5 nitrogen and oxygen atoms in total. The summed E-state index contributed by atoms with van der Waals surface area (Å²) in [5, 5.41) is 3.30. The van der Waals surface area contributed by atoms with Crippen molar-refractivity contribution in [2.75, 3.05) is 19.3 Å². The Labute approximate surface area is 164 Å². The van der Waals surface area contributed by atoms with Gasteiger partial charge in [0.05, 0.1) is 11.3 Å². The Morgan fingerprint density at radius 1 is 1.23 bits per heavy atom. The molecule has 0 unspecified atom stereocenters. The second kappa shape index (κ2) is 9.60. The van der Waals surface area contributed by atoms with Gasteiger partial charge in [0.25, 0.3) is 0 Å². The molecular weight excluding hydrogens is 392 g/mol. The highest BCUT2D eigenvalue weighted by molar-refractivity contribution is 7.88. The van der Waals surface area contributed by atoms with Crippen LogP contribution in [0.25, 0.3) is 0 Å². The number of thiazole rings is 1. The lowest BCUT2D eigenvalue weighted by Gasteiger charge is -2.19. The third-order valence-electron chi connectivity index (χ3n) is 3.94. The molecule has 0 aliphatic heterocycles. The van der Waals surface area contributed by atoms with Crippen molar-refractivity contribution in [1.82, 2.24) is 9.29 Å². The van der Waals surface area contributed by atoms with Gasteiger partial charge >= 0.3 is 0 Å². The molecule has 0 bridgehead atoms. The van der Waals surface area contributed by atoms with Crippen LogP contribution in [0.15, 0.2) is 29.6 Å². The zero-order valence-electron chi connectivity index (χ0n) is 14.9. The van der Waals surface area contributed by atoms with Gasteiger partial charge in [-0.1, -0.05) is 23.7 Å². The minimum Gasteiger partial charge on any atom is -0.293 e. The molecule has 0 N–H and O–H groups in total. The average molecular weight is 415 g/mol. The van der Waals surface area contributed by atoms with E-state index in [9.17, 15) is 13.2 Å². The number of aromatic nitrogens is 1. The van der Waals surface area contributed by atoms with Crippen LogP contribution >= 0.6 is 22.9 Å². The fourth-order valence-electron chi connectivity index (χ4n) is 2.59. The second-order valence-corrected chi connectivity index (χ2v) is 9.54. The van der Waals surface area contributed by atoms with Crippen molar-refractivity contribution in [3.8, 4) is 0 Å². The number of benzene rings is 1. The molecule has 0 spiro atoms. The van der Waals surface area contributed by atoms with E-state index in [0.29, 0.717) is 36.6 Å². The Balaban J connectivity index is 1.84. The zero-order chi connectivity index (χ0) is 19.2. The number of hydrogen-bond donors (Lipinski definition) is 0. The van der Waals surface area contributed by atoms with Crippen LogP contribution in [0.3, 0.4) is 0 Å². The van der Waals surface area contributed by atoms with E-state index in [4.69, 9.17) is 11.6 Å². The third-order valence-corrected chi connectivity index (χ3v) is 6.39. The number of carbonyl (C=O) groups excluding carboxylic acids is 1. The first-order valence-corrected chi connectivity index (χ1v) is 11.5. The van der Waals surface area contributed by atoms with E-state index >= 15 is 0 Å². The van der Waals surface area contributed by atoms with Crippen LogP contribution in [0.1, 0.15) is 40.8 Å². The van der Waals surface area contributed by atoms with Crippen LogP contribution in [-0.4, -0.2) is 42.8 Å². The number of carbonyl (C=O) groups is 1. The summed E-state index contributed by atoms with van der Waals surface area (Å²) in [6.45, 7) is 2.41. The fourth-order valence-corrected chi connectivity index (χ4v) is 4.60. The molecule has 0 saturated heterocycles. The van der Waals surface area contributed by atoms with E-state index in [2.05, 4.69) is 4.98 Å². The molecule has 2 rings (SSSR count). The van der Waals surface area contributed by atoms with Gasteiger partial charge in [0.1, 0.15) is 5.69 Å². The predicted molar refractivity (Wildman–Crippen MR) is 107 cm³/mol. The van der Waals surface area contributed by atoms with Crippen molar-refractivity contribution in [2.45, 2.75) is 32.6 Å². The molecule has 0 saturated carbocycles. The lowest BCUT2D eigenvalue weighted by Crippen LogP contribution is -2.32. The van der Waals surface area contributed by atoms with Crippen LogP contribution in [0.4, 0.5) is 0 Å². The Hall–Kier alpha value is -1.28. The SMILES string of the molecule is CC(=O)c1csc(CCCN(CCCc2cccc(Cl)c2)S(C)(=O)=O)n1. The topological polar surface area (TPSA) is 67.3 Å². The monoisotopic (exact) mass is 414 g/mol. The van der Waals surface area contributed by atoms with Gasteiger partial charge in [0.15, 0.2) is 5.78 Å². The lowest BCUT2D eigenvalue weighted by atomic mass is 10.1. The van der Waals surface area contributed by atoms with E-state index in [1.54, 1.807) is 5.38 Å². The van der Waals surface area contributed by atoms with Crippen LogP contribution in [0.2, 0.25) is 5.02 Å². The van der Waals surface area contributed by atoms with E-state index in [1.807, 2.05) is 24.3 Å². The van der Waals surface area contributed by atoms with Crippen molar-refractivity contribution in [1.29, 1.82) is 0 Å². The number of Topliss-reactive ketones (excluding diaryl/α,β-unsaturated/α-hetero) is 1. The van der Waals surface area contributed by atoms with Gasteiger partial charge in [0.2, 0.25) is 10.0 Å². The molecule has 1 heterocycles. The van der Waals surface area contributed by atoms with E-state index in [0.717, 1.165) is 23.4 Å². The van der Waals surface area contributed by atoms with Gasteiger partial charge in [-0.25, -0.2) is 17.7 Å². The minimum absolute atomic E-state index is 0.0497. The number of nitrogens with zero attached hydrogens (tertiary/aromatic N) is 2. The summed E-state index contributed by atoms with van der Waals surface area (Å²) in [4.78, 5) is 15.5. The summed E-state index contributed by atoms with van der Waals surface area (Å²) in [5.74, 6) is -0.0497. The maximum Gasteiger partial charge on any atom is 0.211 e. The molecule has 0 amide bonds. The van der Waals surface area contributed by atoms with Crippen molar-refractivity contribution in [3.05, 3.63) is 50.9 Å². The molecule has 0 aliphatic rings. The normalized spacial score (nSPS) is 11.8. The maximum atomic E-state index is 12.0. The van der Waals surface area contributed by atoms with Crippen LogP contribution < -0.4 is 0 Å². The van der Waals surface area contributed by atoms with E-state index in [-0.39, 0.29) is 5.78 Å². The summed E-state index contributed by atoms with van der Waals surface area (Å²) in [6.07, 6.45) is 4.09. The standard InChI is InChI=1S/C18H23ClN2O3S2/c1-14(22)17-13-25-18(20-17)9-5-11-21(26(2,23)24)10-4-7-15-6-3-8-16(19)12-15/h3,6,8,12-13H,4-5,7,9-11H2,1-2H3. The number of halogens is 1. The Bertz CT molecular complexity index is 850. The molecule has 0 aliphatic carbocycles. The Morgan fingerprint density at radius 3 is 2.50 bits per heavy atom. The highest BCUT2D eigenvalue weighted by Crippen LogP contribution is 2.15. The number of rotatable bonds is 10. The molecule has 2 aromatic rings. The largest absolute Gasteiger partial charge is 0.293 e. The maximum absolute atomic E-state index is 12.0. The number of sulfonamides is 1. The van der Waals surface area contributed by atoms with Crippen molar-refractivity contribution >= 4 is 38.7 Å². The molecule has 1 aromatic heterocycles. The Morgan fingerprint density at radius 2 is 1.92 bits per heavy atom. The van der Waals surface area contributed by atoms with Crippen molar-refractivity contribution < 1.29 is 13.2 Å². The smallest absolute Gasteiger partial charge is 0.211 e. The number of aryl methyl sites for hydroxylation is 2. The van der Waals surface area contributed by atoms with E-state index in [1.165, 1.54) is 28.8 Å². The average Bonchev–Trinajstić information content (AvgIpc) is 3.02. The first kappa shape index (κ1) is 21.0. The fraction of sp³-hybridized carbons (Fsp3) is 0.444. The predicted octanol–water partition coefficient (Wildman–Crippen LogP) is 3.83. The molecule has 0 fully saturated rings. The zero-order valence-corrected chi connectivity index (χ0v) is 17.3. The lowest BCUT2D eigenvalue weighted by molar-refractivity contribution is 0.101. The summed E-state index contributed by atoms with van der Waals surface area (Å²) in [7, 11) is -3.25. The highest BCUT2D eigenvalue weighted by atomic mass is 35.5. The van der Waals surface area contributed by atoms with Crippen molar-refractivity contribution in [2.24, 2.45) is 0 Å². The van der Waals surface area contributed by atoms with Crippen LogP contribution in [-0.2, 0) is 22.9 Å². The molecule has 8 heteroatoms. The molecule has 26 heavy (non-hydrogen) atoms. The highest BCUT2D eigenvalue weighted by Gasteiger charge is 2.16. The summed E-state index contributed by atoms with van der Waals surface area (Å²) < 4.78 is 25.5. The van der Waals surface area contributed by atoms with Gasteiger partial charge in [-0.2, -0.15) is 0 Å². The van der Waals surface area contributed by atoms with Gasteiger partial charge < -0.3 is 0 Å². The first-order chi connectivity index (χ1) is 12.3. The number of hydrogen-bond acceptors (Lipinski definition) is 5. The van der Waals surface area contributed by atoms with Crippen LogP contribution in [0.5, 0.6) is 0 Å². The summed E-state index contributed by atoms with van der Waals surface area (Å²) in [6, 6.07) is 7.62. The summed E-state index contributed by atoms with van der Waals surface area (Å²) >= 11 is 7.42. The van der Waals surface area contributed by atoms with Gasteiger partial charge in [-0.3, -0.25) is 4.79 Å². The minimum atomic E-state index is -3.25. The second-order valence-electron chi connectivity index (χ2n) is 6.18. The number of ketones is 1. The van der Waals surface area contributed by atoms with Gasteiger partial charge in [-0.05, 0) is 37.0 Å². The molecule has 0 atom stereocenters. The van der Waals surface area contributed by atoms with Crippen LogP contribution in [0, 0.1) is 0 Å². The van der Waals surface area contributed by atoms with Crippen molar-refractivity contribution in [3.63, 3.8) is 0 Å². The quantitative estimate of drug-likeness (QED) is 0.554. The molecule has 142 valence electrons. The van der Waals surface area contributed by atoms with Gasteiger partial charge in [0, 0.05) is 36.8 Å². The molecule has 1 aromatic carbocycles. The van der Waals surface area contributed by atoms with Gasteiger partial charge in [-0.15, -0.1) is 11.3 Å². The first-order valence-electron chi connectivity index (χ1n) is 8.40. The summed E-state index contributed by atoms with van der Waals surface area (Å²) in [5.41, 5.74) is 1.58. The third kappa shape index (κ3) is 6.79. The molecular formula is C18H23ClN2O3S2. The molecule has 0 radical (unpaired) electrons. The van der Waals surface area contributed by atoms with E-state index < -0.39 is 10.0 Å².